The van der Waals surface area contributed by atoms with Crippen LogP contribution in [0.25, 0.3) is 0 Å². The number of ether oxygens (including phenoxy) is 3. The highest BCUT2D eigenvalue weighted by molar-refractivity contribution is 5.83. The van der Waals surface area contributed by atoms with Gasteiger partial charge in [-0.25, -0.2) is 9.97 Å². The number of morpholine rings is 1. The van der Waals surface area contributed by atoms with E-state index in [2.05, 4.69) is 39.0 Å². The minimum Gasteiger partial charge on any atom is -0.378 e. The summed E-state index contributed by atoms with van der Waals surface area (Å²) in [5.74, 6) is 2.69. The predicted molar refractivity (Wildman–Crippen MR) is 123 cm³/mol. The van der Waals surface area contributed by atoms with Crippen molar-refractivity contribution in [2.24, 2.45) is 10.9 Å². The number of nitrogens with one attached hydrogen (secondary N) is 2. The molecule has 1 aromatic rings. The molecule has 32 heavy (non-hydrogen) atoms. The molecule has 170 valence electrons. The molecule has 2 saturated heterocycles. The van der Waals surface area contributed by atoms with Gasteiger partial charge >= 0.3 is 0 Å². The van der Waals surface area contributed by atoms with Gasteiger partial charge in [-0.15, -0.1) is 0 Å². The minimum absolute atomic E-state index is 0.175. The van der Waals surface area contributed by atoms with E-state index in [1.165, 1.54) is 0 Å². The van der Waals surface area contributed by atoms with Crippen molar-refractivity contribution in [1.29, 1.82) is 0 Å². The molecule has 2 unspecified atom stereocenters. The van der Waals surface area contributed by atoms with Crippen LogP contribution in [-0.4, -0.2) is 68.0 Å². The number of aromatic nitrogens is 2. The molecule has 1 aromatic heterocycles. The molecule has 9 heteroatoms. The van der Waals surface area contributed by atoms with E-state index in [4.69, 9.17) is 24.2 Å². The molecule has 2 N–H and O–H groups in total. The van der Waals surface area contributed by atoms with Crippen LogP contribution in [0.4, 0.5) is 11.6 Å². The molecule has 2 fully saturated rings. The molecule has 1 aliphatic carbocycles. The number of anilines is 2. The maximum atomic E-state index is 5.68. The van der Waals surface area contributed by atoms with Crippen molar-refractivity contribution in [3.05, 3.63) is 48.0 Å². The van der Waals surface area contributed by atoms with E-state index in [9.17, 15) is 0 Å². The highest BCUT2D eigenvalue weighted by Gasteiger charge is 2.25. The Morgan fingerprint density at radius 1 is 1.06 bits per heavy atom. The smallest absolute Gasteiger partial charge is 0.158 e. The number of fused-ring (bicyclic) bond motifs is 1. The fourth-order valence-corrected chi connectivity index (χ4v) is 4.19. The summed E-state index contributed by atoms with van der Waals surface area (Å²) in [6.45, 7) is 4.56. The van der Waals surface area contributed by atoms with Crippen molar-refractivity contribution in [1.82, 2.24) is 15.4 Å². The predicted octanol–water partition coefficient (Wildman–Crippen LogP) is 2.00. The van der Waals surface area contributed by atoms with Crippen LogP contribution < -0.4 is 15.8 Å². The minimum atomic E-state index is -0.175. The van der Waals surface area contributed by atoms with Gasteiger partial charge in [-0.05, 0) is 12.0 Å². The van der Waals surface area contributed by atoms with E-state index in [1.54, 1.807) is 0 Å². The van der Waals surface area contributed by atoms with Crippen LogP contribution in [-0.2, 0) is 20.6 Å². The van der Waals surface area contributed by atoms with Crippen molar-refractivity contribution < 1.29 is 14.2 Å². The molecule has 0 amide bonds. The fourth-order valence-electron chi connectivity index (χ4n) is 4.19. The number of hydrogen-bond donors (Lipinski definition) is 2. The molecule has 4 heterocycles. The SMILES string of the molecule is C1=CC2N=CC(=CNNc3cc(N4CCOCC4)nc(CCC4OCCCO4)n3)C2C=C1. The lowest BCUT2D eigenvalue weighted by atomic mass is 9.92. The normalized spacial score (nSPS) is 26.5. The molecule has 4 aliphatic rings. The third-order valence-corrected chi connectivity index (χ3v) is 5.92. The van der Waals surface area contributed by atoms with E-state index < -0.39 is 0 Å². The van der Waals surface area contributed by atoms with E-state index in [1.807, 2.05) is 24.6 Å². The zero-order valence-electron chi connectivity index (χ0n) is 18.2. The van der Waals surface area contributed by atoms with E-state index in [-0.39, 0.29) is 18.2 Å². The molecule has 0 aromatic carbocycles. The Labute approximate surface area is 188 Å². The summed E-state index contributed by atoms with van der Waals surface area (Å²) in [6, 6.07) is 2.18. The molecule has 3 aliphatic heterocycles. The number of hydrazine groups is 1. The quantitative estimate of drug-likeness (QED) is 0.625. The lowest BCUT2D eigenvalue weighted by Crippen LogP contribution is -2.37. The van der Waals surface area contributed by atoms with Gasteiger partial charge in [-0.3, -0.25) is 10.4 Å². The summed E-state index contributed by atoms with van der Waals surface area (Å²) in [7, 11) is 0. The Kier molecular flexibility index (Phi) is 6.76. The molecule has 0 spiro atoms. The van der Waals surface area contributed by atoms with Gasteiger partial charge in [0, 0.05) is 50.3 Å². The summed E-state index contributed by atoms with van der Waals surface area (Å²) >= 11 is 0. The van der Waals surface area contributed by atoms with Crippen molar-refractivity contribution in [2.45, 2.75) is 31.6 Å². The second-order valence-corrected chi connectivity index (χ2v) is 8.17. The van der Waals surface area contributed by atoms with Gasteiger partial charge in [-0.1, -0.05) is 24.3 Å². The molecule has 9 nitrogen and oxygen atoms in total. The third kappa shape index (κ3) is 5.17. The van der Waals surface area contributed by atoms with Gasteiger partial charge in [-0.2, -0.15) is 0 Å². The van der Waals surface area contributed by atoms with Gasteiger partial charge in [0.15, 0.2) is 6.29 Å². The number of hydrogen-bond acceptors (Lipinski definition) is 9. The molecule has 2 atom stereocenters. The maximum Gasteiger partial charge on any atom is 0.158 e. The molecule has 0 radical (unpaired) electrons. The first-order valence-electron chi connectivity index (χ1n) is 11.4. The Morgan fingerprint density at radius 3 is 2.78 bits per heavy atom. The average molecular weight is 439 g/mol. The summed E-state index contributed by atoms with van der Waals surface area (Å²) in [5.41, 5.74) is 7.56. The van der Waals surface area contributed by atoms with Crippen LogP contribution in [0.5, 0.6) is 0 Å². The summed E-state index contributed by atoms with van der Waals surface area (Å²) in [4.78, 5) is 16.3. The monoisotopic (exact) mass is 438 g/mol. The van der Waals surface area contributed by atoms with E-state index >= 15 is 0 Å². The highest BCUT2D eigenvalue weighted by atomic mass is 16.7. The number of aliphatic imine (C=N–C) groups is 1. The van der Waals surface area contributed by atoms with Crippen LogP contribution in [0, 0.1) is 5.92 Å². The Bertz CT molecular complexity index is 903. The topological polar surface area (TPSA) is 93.1 Å². The maximum absolute atomic E-state index is 5.68. The molecule has 0 bridgehead atoms. The summed E-state index contributed by atoms with van der Waals surface area (Å²) < 4.78 is 16.9. The standard InChI is InChI=1S/C23H30N6O3/c1-2-5-19-18(4-1)17(15-24-19)16-25-28-21-14-22(29-8-12-30-13-9-29)27-20(26-21)6-7-23-31-10-3-11-32-23/h1-2,4-5,14-16,18-19,23,25H,3,6-13H2,(H,26,27,28). The van der Waals surface area contributed by atoms with Gasteiger partial charge in [0.1, 0.15) is 17.5 Å². The summed E-state index contributed by atoms with van der Waals surface area (Å²) in [6.07, 6.45) is 14.5. The molecule has 0 saturated carbocycles. The van der Waals surface area contributed by atoms with Crippen LogP contribution in [0.2, 0.25) is 0 Å². The average Bonchev–Trinajstić information content (AvgIpc) is 3.27. The van der Waals surface area contributed by atoms with Gasteiger partial charge < -0.3 is 24.5 Å². The van der Waals surface area contributed by atoms with Crippen LogP contribution in [0.1, 0.15) is 18.7 Å². The van der Waals surface area contributed by atoms with Crippen molar-refractivity contribution in [3.8, 4) is 0 Å². The van der Waals surface area contributed by atoms with Crippen molar-refractivity contribution in [3.63, 3.8) is 0 Å². The Balaban J connectivity index is 1.26. The Morgan fingerprint density at radius 2 is 1.91 bits per heavy atom. The fraction of sp³-hybridized carbons (Fsp3) is 0.522. The number of nitrogens with zero attached hydrogens (tertiary/aromatic N) is 4. The number of aryl methyl sites for hydroxylation is 1. The lowest BCUT2D eigenvalue weighted by Gasteiger charge is -2.28. The first kappa shape index (κ1) is 21.1. The summed E-state index contributed by atoms with van der Waals surface area (Å²) in [5, 5.41) is 0. The largest absolute Gasteiger partial charge is 0.378 e. The van der Waals surface area contributed by atoms with E-state index in [0.717, 1.165) is 62.2 Å². The number of rotatable bonds is 7. The zero-order chi connectivity index (χ0) is 21.6. The van der Waals surface area contributed by atoms with Crippen molar-refractivity contribution in [2.75, 3.05) is 49.8 Å². The zero-order valence-corrected chi connectivity index (χ0v) is 18.2. The second kappa shape index (κ2) is 10.2. The molecular formula is C23H30N6O3. The highest BCUT2D eigenvalue weighted by Crippen LogP contribution is 2.27. The lowest BCUT2D eigenvalue weighted by molar-refractivity contribution is -0.180. The van der Waals surface area contributed by atoms with Crippen molar-refractivity contribution >= 4 is 17.9 Å². The Hall–Kier alpha value is -2.75. The number of allylic oxidation sites excluding steroid dienone is 2. The molecular weight excluding hydrogens is 408 g/mol. The molecule has 5 rings (SSSR count). The van der Waals surface area contributed by atoms with Gasteiger partial charge in [0.05, 0.1) is 32.5 Å². The third-order valence-electron chi connectivity index (χ3n) is 5.92. The van der Waals surface area contributed by atoms with Crippen LogP contribution in [0.3, 0.4) is 0 Å². The second-order valence-electron chi connectivity index (χ2n) is 8.17. The van der Waals surface area contributed by atoms with Crippen LogP contribution in [0.15, 0.2) is 47.1 Å². The first-order valence-corrected chi connectivity index (χ1v) is 11.4. The van der Waals surface area contributed by atoms with Gasteiger partial charge in [0.2, 0.25) is 0 Å². The van der Waals surface area contributed by atoms with E-state index in [0.29, 0.717) is 19.6 Å². The first-order chi connectivity index (χ1) is 15.8. The van der Waals surface area contributed by atoms with Gasteiger partial charge in [0.25, 0.3) is 0 Å². The van der Waals surface area contributed by atoms with Crippen LogP contribution >= 0.6 is 0 Å².